The molecule has 2 aromatic carbocycles. The monoisotopic (exact) mass is 292 g/mol. The highest BCUT2D eigenvalue weighted by Gasteiger charge is 2.05. The Morgan fingerprint density at radius 3 is 2.35 bits per heavy atom. The van der Waals surface area contributed by atoms with Crippen molar-refractivity contribution in [3.63, 3.8) is 0 Å². The Bertz CT molecular complexity index is 656. The zero-order valence-electron chi connectivity index (χ0n) is 11.1. The van der Waals surface area contributed by atoms with E-state index in [0.29, 0.717) is 16.9 Å². The largest absolute Gasteiger partial charge is 0.332 e. The van der Waals surface area contributed by atoms with Crippen LogP contribution in [0, 0.1) is 25.5 Å². The Morgan fingerprint density at radius 2 is 1.65 bits per heavy atom. The van der Waals surface area contributed by atoms with Gasteiger partial charge in [-0.05, 0) is 67.5 Å². The molecule has 2 aromatic rings. The fourth-order valence-electron chi connectivity index (χ4n) is 1.74. The quantitative estimate of drug-likeness (QED) is 0.803. The summed E-state index contributed by atoms with van der Waals surface area (Å²) in [7, 11) is 0. The first kappa shape index (κ1) is 14.4. The molecule has 104 valence electrons. The van der Waals surface area contributed by atoms with Crippen LogP contribution in [0.2, 0.25) is 0 Å². The second kappa shape index (κ2) is 5.96. The lowest BCUT2D eigenvalue weighted by Gasteiger charge is -2.12. The Kier molecular flexibility index (Phi) is 4.29. The summed E-state index contributed by atoms with van der Waals surface area (Å²) in [4.78, 5) is 0. The van der Waals surface area contributed by atoms with Crippen molar-refractivity contribution in [1.29, 1.82) is 0 Å². The third kappa shape index (κ3) is 3.51. The summed E-state index contributed by atoms with van der Waals surface area (Å²) in [6.07, 6.45) is 0. The minimum Gasteiger partial charge on any atom is -0.332 e. The standard InChI is InChI=1S/C15H14F2N2S/c1-9-3-5-13(17)14(7-9)19-15(20)18-11-4-6-12(16)10(2)8-11/h3-8H,1-2H3,(H2,18,19,20). The average Bonchev–Trinajstić information content (AvgIpc) is 2.38. The number of halogens is 2. The van der Waals surface area contributed by atoms with Gasteiger partial charge in [0.05, 0.1) is 5.69 Å². The van der Waals surface area contributed by atoms with Crippen molar-refractivity contribution in [2.75, 3.05) is 10.6 Å². The molecule has 0 heterocycles. The van der Waals surface area contributed by atoms with Crippen LogP contribution in [-0.2, 0) is 0 Å². The summed E-state index contributed by atoms with van der Waals surface area (Å²) < 4.78 is 26.7. The first-order chi connectivity index (χ1) is 9.45. The minimum absolute atomic E-state index is 0.250. The molecule has 0 aliphatic heterocycles. The van der Waals surface area contributed by atoms with Crippen LogP contribution in [0.5, 0.6) is 0 Å². The van der Waals surface area contributed by atoms with E-state index >= 15 is 0 Å². The minimum atomic E-state index is -0.380. The van der Waals surface area contributed by atoms with E-state index in [4.69, 9.17) is 12.2 Å². The summed E-state index contributed by atoms with van der Waals surface area (Å²) in [5, 5.41) is 5.93. The van der Waals surface area contributed by atoms with Crippen molar-refractivity contribution < 1.29 is 8.78 Å². The van der Waals surface area contributed by atoms with E-state index in [-0.39, 0.29) is 16.7 Å². The molecule has 20 heavy (non-hydrogen) atoms. The first-order valence-corrected chi connectivity index (χ1v) is 6.47. The van der Waals surface area contributed by atoms with Gasteiger partial charge in [-0.3, -0.25) is 0 Å². The number of rotatable bonds is 2. The molecule has 0 saturated heterocycles. The molecular formula is C15H14F2N2S. The molecule has 0 atom stereocenters. The van der Waals surface area contributed by atoms with E-state index in [1.165, 1.54) is 12.1 Å². The van der Waals surface area contributed by atoms with Crippen LogP contribution in [0.1, 0.15) is 11.1 Å². The van der Waals surface area contributed by atoms with Crippen LogP contribution in [0.3, 0.4) is 0 Å². The van der Waals surface area contributed by atoms with Gasteiger partial charge in [-0.2, -0.15) is 0 Å². The number of nitrogens with one attached hydrogen (secondary N) is 2. The van der Waals surface area contributed by atoms with Gasteiger partial charge in [-0.15, -0.1) is 0 Å². The van der Waals surface area contributed by atoms with Crippen LogP contribution in [-0.4, -0.2) is 5.11 Å². The van der Waals surface area contributed by atoms with Crippen LogP contribution >= 0.6 is 12.2 Å². The highest BCUT2D eigenvalue weighted by molar-refractivity contribution is 7.80. The summed E-state index contributed by atoms with van der Waals surface area (Å²) in [6, 6.07) is 9.29. The van der Waals surface area contributed by atoms with Gasteiger partial charge >= 0.3 is 0 Å². The van der Waals surface area contributed by atoms with Crippen molar-refractivity contribution in [1.82, 2.24) is 0 Å². The molecule has 2 N–H and O–H groups in total. The van der Waals surface area contributed by atoms with Crippen molar-refractivity contribution in [2.45, 2.75) is 13.8 Å². The van der Waals surface area contributed by atoms with Gasteiger partial charge in [-0.25, -0.2) is 8.78 Å². The van der Waals surface area contributed by atoms with Crippen LogP contribution < -0.4 is 10.6 Å². The molecule has 0 saturated carbocycles. The van der Waals surface area contributed by atoms with Gasteiger partial charge in [0.2, 0.25) is 0 Å². The zero-order valence-corrected chi connectivity index (χ0v) is 11.9. The SMILES string of the molecule is Cc1ccc(F)c(NC(=S)Nc2ccc(F)c(C)c2)c1. The Balaban J connectivity index is 2.09. The van der Waals surface area contributed by atoms with Crippen molar-refractivity contribution in [2.24, 2.45) is 0 Å². The molecule has 2 rings (SSSR count). The van der Waals surface area contributed by atoms with Gasteiger partial charge in [-0.1, -0.05) is 6.07 Å². The predicted octanol–water partition coefficient (Wildman–Crippen LogP) is 4.39. The van der Waals surface area contributed by atoms with Crippen molar-refractivity contribution in [3.8, 4) is 0 Å². The number of anilines is 2. The molecule has 2 nitrogen and oxygen atoms in total. The lowest BCUT2D eigenvalue weighted by Crippen LogP contribution is -2.20. The molecule has 0 radical (unpaired) electrons. The van der Waals surface area contributed by atoms with Gasteiger partial charge in [0, 0.05) is 5.69 Å². The molecule has 0 aliphatic rings. The molecule has 0 aromatic heterocycles. The van der Waals surface area contributed by atoms with E-state index in [1.54, 1.807) is 31.2 Å². The fraction of sp³-hybridized carbons (Fsp3) is 0.133. The van der Waals surface area contributed by atoms with E-state index in [9.17, 15) is 8.78 Å². The van der Waals surface area contributed by atoms with E-state index in [0.717, 1.165) is 5.56 Å². The average molecular weight is 292 g/mol. The third-order valence-corrected chi connectivity index (χ3v) is 2.99. The van der Waals surface area contributed by atoms with Gasteiger partial charge in [0.1, 0.15) is 11.6 Å². The second-order valence-corrected chi connectivity index (χ2v) is 4.93. The number of hydrogen-bond donors (Lipinski definition) is 2. The summed E-state index contributed by atoms with van der Waals surface area (Å²) in [5.74, 6) is -0.658. The summed E-state index contributed by atoms with van der Waals surface area (Å²) >= 11 is 5.11. The fourth-order valence-corrected chi connectivity index (χ4v) is 1.97. The number of hydrogen-bond acceptors (Lipinski definition) is 1. The molecular weight excluding hydrogens is 278 g/mol. The van der Waals surface area contributed by atoms with Crippen LogP contribution in [0.25, 0.3) is 0 Å². The number of benzene rings is 2. The number of aryl methyl sites for hydroxylation is 2. The van der Waals surface area contributed by atoms with Gasteiger partial charge < -0.3 is 10.6 Å². The van der Waals surface area contributed by atoms with E-state index < -0.39 is 0 Å². The maximum Gasteiger partial charge on any atom is 0.175 e. The van der Waals surface area contributed by atoms with Gasteiger partial charge in [0.25, 0.3) is 0 Å². The summed E-state index contributed by atoms with van der Waals surface area (Å²) in [5.41, 5.74) is 2.39. The van der Waals surface area contributed by atoms with E-state index in [1.807, 2.05) is 6.92 Å². The normalized spacial score (nSPS) is 10.2. The zero-order chi connectivity index (χ0) is 14.7. The van der Waals surface area contributed by atoms with Gasteiger partial charge in [0.15, 0.2) is 5.11 Å². The molecule has 0 spiro atoms. The Hall–Kier alpha value is -2.01. The highest BCUT2D eigenvalue weighted by Crippen LogP contribution is 2.17. The smallest absolute Gasteiger partial charge is 0.175 e. The second-order valence-electron chi connectivity index (χ2n) is 4.53. The maximum absolute atomic E-state index is 13.6. The Morgan fingerprint density at radius 1 is 0.950 bits per heavy atom. The summed E-state index contributed by atoms with van der Waals surface area (Å²) in [6.45, 7) is 3.53. The molecule has 0 amide bonds. The van der Waals surface area contributed by atoms with Crippen LogP contribution in [0.4, 0.5) is 20.2 Å². The molecule has 0 bridgehead atoms. The first-order valence-electron chi connectivity index (χ1n) is 6.06. The Labute approximate surface area is 121 Å². The third-order valence-electron chi connectivity index (χ3n) is 2.79. The molecule has 0 unspecified atom stereocenters. The van der Waals surface area contributed by atoms with E-state index in [2.05, 4.69) is 10.6 Å². The maximum atomic E-state index is 13.6. The molecule has 5 heteroatoms. The number of thiocarbonyl (C=S) groups is 1. The topological polar surface area (TPSA) is 24.1 Å². The lowest BCUT2D eigenvalue weighted by molar-refractivity contribution is 0.619. The lowest BCUT2D eigenvalue weighted by atomic mass is 10.2. The molecule has 0 aliphatic carbocycles. The van der Waals surface area contributed by atoms with Crippen LogP contribution in [0.15, 0.2) is 36.4 Å². The molecule has 0 fully saturated rings. The van der Waals surface area contributed by atoms with Crippen molar-refractivity contribution >= 4 is 28.7 Å². The highest BCUT2D eigenvalue weighted by atomic mass is 32.1. The predicted molar refractivity (Wildman–Crippen MR) is 82.1 cm³/mol. The van der Waals surface area contributed by atoms with Crippen molar-refractivity contribution in [3.05, 3.63) is 59.2 Å².